The average Bonchev–Trinajstić information content (AvgIpc) is 2.99. The van der Waals surface area contributed by atoms with Crippen LogP contribution in [0.5, 0.6) is 34.5 Å². The van der Waals surface area contributed by atoms with E-state index in [2.05, 4.69) is 6.92 Å². The van der Waals surface area contributed by atoms with Gasteiger partial charge in [0.05, 0.1) is 11.1 Å². The lowest BCUT2D eigenvalue weighted by Crippen LogP contribution is -2.01. The second-order valence-electron chi connectivity index (χ2n) is 12.5. The quantitative estimate of drug-likeness (QED) is 0.0498. The molecule has 252 valence electrons. The molecule has 0 atom stereocenters. The Labute approximate surface area is 273 Å². The first kappa shape index (κ1) is 36.5. The highest BCUT2D eigenvalue weighted by Gasteiger charge is 2.29. The van der Waals surface area contributed by atoms with E-state index in [-0.39, 0.29) is 44.9 Å². The number of unbranched alkanes of at least 4 members (excludes halogenated alkanes) is 3. The van der Waals surface area contributed by atoms with Gasteiger partial charge in [0.15, 0.2) is 35.6 Å². The molecule has 0 saturated carbocycles. The molecule has 0 bridgehead atoms. The number of aldehydes is 2. The topological polar surface area (TPSA) is 193 Å². The highest BCUT2D eigenvalue weighted by molar-refractivity contribution is 6.14. The number of aryl methyl sites for hydroxylation is 2. The summed E-state index contributed by atoms with van der Waals surface area (Å²) in [5, 5.41) is 74.6. The number of carbonyl (C=O) groups is 3. The number of aliphatic carboxylic acids is 1. The second-order valence-corrected chi connectivity index (χ2v) is 12.5. The molecular weight excluding hydrogens is 604 g/mol. The van der Waals surface area contributed by atoms with Gasteiger partial charge in [0.1, 0.15) is 11.5 Å². The summed E-state index contributed by atoms with van der Waals surface area (Å²) in [6, 6.07) is 3.31. The maximum Gasteiger partial charge on any atom is 0.303 e. The maximum atomic E-state index is 12.0. The van der Waals surface area contributed by atoms with Gasteiger partial charge < -0.3 is 35.7 Å². The SMILES string of the molecule is CCCCCCC(=O)O.Cc1cc2c(C(C)C)c(O)c(O)c(C=O)c2c(O)c1-c1c(C)cc2c(C(C)C)c(O)c(O)c(C=O)c2c1O. The van der Waals surface area contributed by atoms with Gasteiger partial charge in [-0.25, -0.2) is 0 Å². The van der Waals surface area contributed by atoms with Crippen LogP contribution in [0.3, 0.4) is 0 Å². The summed E-state index contributed by atoms with van der Waals surface area (Å²) in [6.45, 7) is 12.7. The predicted molar refractivity (Wildman–Crippen MR) is 182 cm³/mol. The van der Waals surface area contributed by atoms with Crippen LogP contribution < -0.4 is 0 Å². The van der Waals surface area contributed by atoms with Crippen molar-refractivity contribution >= 4 is 40.1 Å². The summed E-state index contributed by atoms with van der Waals surface area (Å²) < 4.78 is 0. The van der Waals surface area contributed by atoms with Crippen LogP contribution in [0.1, 0.15) is 122 Å². The molecule has 0 aliphatic heterocycles. The minimum Gasteiger partial charge on any atom is -0.507 e. The monoisotopic (exact) mass is 648 g/mol. The van der Waals surface area contributed by atoms with Crippen molar-refractivity contribution in [1.29, 1.82) is 0 Å². The Morgan fingerprint density at radius 3 is 1.32 bits per heavy atom. The van der Waals surface area contributed by atoms with Gasteiger partial charge >= 0.3 is 5.97 Å². The van der Waals surface area contributed by atoms with Crippen LogP contribution in [0.4, 0.5) is 0 Å². The number of carboxylic acid groups (broad SMARTS) is 1. The second kappa shape index (κ2) is 14.6. The van der Waals surface area contributed by atoms with E-state index in [1.165, 1.54) is 6.42 Å². The van der Waals surface area contributed by atoms with Crippen molar-refractivity contribution in [3.05, 3.63) is 45.5 Å². The lowest BCUT2D eigenvalue weighted by molar-refractivity contribution is -0.137. The predicted octanol–water partition coefficient (Wildman–Crippen LogP) is 8.42. The van der Waals surface area contributed by atoms with E-state index < -0.39 is 40.5 Å². The standard InChI is InChI=1S/C30H30O8.C7H14O2/c1-11(2)19-15-7-13(5)21(27(35)23(15)17(9-31)25(33)29(19)37)22-14(6)8-16-20(12(3)4)30(38)26(34)18(10-32)24(16)28(22)36;1-2-3-4-5-6-7(8)9/h7-12,33-38H,1-6H3;2-6H2,1H3,(H,8,9). The first-order chi connectivity index (χ1) is 22.1. The van der Waals surface area contributed by atoms with Gasteiger partial charge in [0, 0.05) is 39.4 Å². The van der Waals surface area contributed by atoms with E-state index in [9.17, 15) is 45.0 Å². The molecule has 0 heterocycles. The molecule has 10 nitrogen and oxygen atoms in total. The molecule has 4 aromatic carbocycles. The molecule has 4 rings (SSSR count). The van der Waals surface area contributed by atoms with Crippen molar-refractivity contribution in [3.63, 3.8) is 0 Å². The normalized spacial score (nSPS) is 11.3. The van der Waals surface area contributed by atoms with Gasteiger partial charge in [-0.1, -0.05) is 66.0 Å². The minimum absolute atomic E-state index is 0.00512. The number of rotatable bonds is 10. The molecule has 0 unspecified atom stereocenters. The number of carboxylic acids is 1. The first-order valence-corrected chi connectivity index (χ1v) is 15.7. The molecule has 10 heteroatoms. The molecule has 0 aliphatic rings. The van der Waals surface area contributed by atoms with E-state index in [0.717, 1.165) is 19.3 Å². The maximum absolute atomic E-state index is 12.0. The van der Waals surface area contributed by atoms with Crippen LogP contribution in [0.2, 0.25) is 0 Å². The number of hydrogen-bond acceptors (Lipinski definition) is 9. The summed E-state index contributed by atoms with van der Waals surface area (Å²) in [4.78, 5) is 34.0. The summed E-state index contributed by atoms with van der Waals surface area (Å²) >= 11 is 0. The highest BCUT2D eigenvalue weighted by Crippen LogP contribution is 2.54. The van der Waals surface area contributed by atoms with Crippen molar-refractivity contribution in [2.75, 3.05) is 0 Å². The summed E-state index contributed by atoms with van der Waals surface area (Å²) in [6.07, 6.45) is 5.24. The smallest absolute Gasteiger partial charge is 0.303 e. The van der Waals surface area contributed by atoms with Gasteiger partial charge in [-0.15, -0.1) is 0 Å². The van der Waals surface area contributed by atoms with E-state index in [1.54, 1.807) is 53.7 Å². The number of benzene rings is 4. The van der Waals surface area contributed by atoms with E-state index in [0.29, 0.717) is 52.0 Å². The lowest BCUT2D eigenvalue weighted by Gasteiger charge is -2.23. The Balaban J connectivity index is 0.000000584. The number of fused-ring (bicyclic) bond motifs is 2. The number of phenols is 6. The molecule has 0 aromatic heterocycles. The van der Waals surface area contributed by atoms with Crippen molar-refractivity contribution in [1.82, 2.24) is 0 Å². The fourth-order valence-electron chi connectivity index (χ4n) is 6.31. The molecule has 0 aliphatic carbocycles. The zero-order valence-electron chi connectivity index (χ0n) is 27.9. The lowest BCUT2D eigenvalue weighted by atomic mass is 9.83. The highest BCUT2D eigenvalue weighted by atomic mass is 16.4. The third-order valence-electron chi connectivity index (χ3n) is 8.47. The van der Waals surface area contributed by atoms with E-state index in [1.807, 2.05) is 0 Å². The molecule has 4 aromatic rings. The molecule has 0 amide bonds. The number of phenolic OH excluding ortho intramolecular Hbond substituents is 6. The van der Waals surface area contributed by atoms with Crippen molar-refractivity contribution in [2.45, 2.75) is 92.4 Å². The zero-order valence-corrected chi connectivity index (χ0v) is 27.9. The van der Waals surface area contributed by atoms with E-state index >= 15 is 0 Å². The van der Waals surface area contributed by atoms with Gasteiger partial charge in [-0.3, -0.25) is 14.4 Å². The van der Waals surface area contributed by atoms with Gasteiger partial charge in [-0.05, 0) is 54.0 Å². The Morgan fingerprint density at radius 2 is 1.02 bits per heavy atom. The largest absolute Gasteiger partial charge is 0.507 e. The molecule has 0 spiro atoms. The fourth-order valence-corrected chi connectivity index (χ4v) is 6.31. The Morgan fingerprint density at radius 1 is 0.638 bits per heavy atom. The average molecular weight is 649 g/mol. The Hall–Kier alpha value is -4.99. The Kier molecular flexibility index (Phi) is 11.3. The Bertz CT molecular complexity index is 1740. The molecule has 7 N–H and O–H groups in total. The zero-order chi connectivity index (χ0) is 35.5. The molecule has 47 heavy (non-hydrogen) atoms. The fraction of sp³-hybridized carbons (Fsp3) is 0.378. The first-order valence-electron chi connectivity index (χ1n) is 15.7. The third-order valence-corrected chi connectivity index (χ3v) is 8.47. The molecular formula is C37H44O10. The van der Waals surface area contributed by atoms with Gasteiger partial charge in [0.25, 0.3) is 0 Å². The summed E-state index contributed by atoms with van der Waals surface area (Å²) in [5.74, 6) is -4.25. The molecule has 0 fully saturated rings. The van der Waals surface area contributed by atoms with E-state index in [4.69, 9.17) is 5.11 Å². The van der Waals surface area contributed by atoms with Crippen LogP contribution in [-0.4, -0.2) is 54.3 Å². The van der Waals surface area contributed by atoms with Crippen molar-refractivity contribution in [2.24, 2.45) is 0 Å². The summed E-state index contributed by atoms with van der Waals surface area (Å²) in [7, 11) is 0. The van der Waals surface area contributed by atoms with Gasteiger partial charge in [0.2, 0.25) is 0 Å². The number of aromatic hydroxyl groups is 6. The molecule has 0 radical (unpaired) electrons. The van der Waals surface area contributed by atoms with Crippen LogP contribution >= 0.6 is 0 Å². The molecule has 0 saturated heterocycles. The minimum atomic E-state index is -0.675. The number of carbonyl (C=O) groups excluding carboxylic acids is 2. The van der Waals surface area contributed by atoms with Crippen LogP contribution in [-0.2, 0) is 4.79 Å². The summed E-state index contributed by atoms with van der Waals surface area (Å²) in [5.41, 5.74) is 1.33. The number of hydrogen-bond donors (Lipinski definition) is 7. The van der Waals surface area contributed by atoms with Gasteiger partial charge in [-0.2, -0.15) is 0 Å². The van der Waals surface area contributed by atoms with Crippen LogP contribution in [0.25, 0.3) is 32.7 Å². The van der Waals surface area contributed by atoms with Crippen molar-refractivity contribution in [3.8, 4) is 45.6 Å². The third kappa shape index (κ3) is 6.63. The van der Waals surface area contributed by atoms with Crippen molar-refractivity contribution < 1.29 is 50.1 Å². The van der Waals surface area contributed by atoms with Crippen LogP contribution in [0.15, 0.2) is 12.1 Å². The van der Waals surface area contributed by atoms with Crippen LogP contribution in [0, 0.1) is 13.8 Å².